The van der Waals surface area contributed by atoms with Crippen LogP contribution in [0.2, 0.25) is 0 Å². The summed E-state index contributed by atoms with van der Waals surface area (Å²) in [6, 6.07) is 0. The molecule has 5 atom stereocenters. The highest BCUT2D eigenvalue weighted by Crippen LogP contribution is 2.45. The molecular weight excluding hydrogens is 1100 g/mol. The molecule has 17 nitrogen and oxygen atoms in total. The maximum atomic E-state index is 13.0. The van der Waals surface area contributed by atoms with Gasteiger partial charge in [-0.15, -0.1) is 0 Å². The van der Waals surface area contributed by atoms with Crippen LogP contribution in [-0.2, 0) is 65.4 Å². The SMILES string of the molecule is CCCCCCCCCCCCCCCCCCCCCCCC(=O)O[C@H](COC(=O)CCCCCCCCCCC)COP(=O)(O)OC[C@@H](O)COP(=O)(O)OC[C@@H](COC(=O)CCCCCCC)OC(=O)CCCCCCCCCC. The van der Waals surface area contributed by atoms with E-state index in [9.17, 15) is 43.2 Å². The van der Waals surface area contributed by atoms with Crippen LogP contribution in [0, 0.1) is 0 Å². The van der Waals surface area contributed by atoms with E-state index in [-0.39, 0.29) is 25.7 Å². The molecule has 0 fully saturated rings. The van der Waals surface area contributed by atoms with E-state index in [1.54, 1.807) is 0 Å². The summed E-state index contributed by atoms with van der Waals surface area (Å²) in [5, 5.41) is 10.5. The number of rotatable bonds is 65. The summed E-state index contributed by atoms with van der Waals surface area (Å²) in [6.45, 7) is 4.76. The lowest BCUT2D eigenvalue weighted by atomic mass is 10.0. The minimum atomic E-state index is -4.94. The Hall–Kier alpha value is -1.94. The van der Waals surface area contributed by atoms with E-state index < -0.39 is 97.5 Å². The Balaban J connectivity index is 5.03. The van der Waals surface area contributed by atoms with Crippen LogP contribution in [0.3, 0.4) is 0 Å². The lowest BCUT2D eigenvalue weighted by Crippen LogP contribution is -2.30. The fourth-order valence-corrected chi connectivity index (χ4v) is 11.2. The molecule has 0 aliphatic heterocycles. The molecule has 0 amide bonds. The van der Waals surface area contributed by atoms with Crippen LogP contribution in [0.15, 0.2) is 0 Å². The molecule has 83 heavy (non-hydrogen) atoms. The maximum Gasteiger partial charge on any atom is 0.472 e. The van der Waals surface area contributed by atoms with Crippen molar-refractivity contribution in [3.05, 3.63) is 0 Å². The summed E-state index contributed by atoms with van der Waals surface area (Å²) in [6.07, 6.45) is 45.1. The van der Waals surface area contributed by atoms with Crippen molar-refractivity contribution in [2.75, 3.05) is 39.6 Å². The predicted octanol–water partition coefficient (Wildman–Crippen LogP) is 17.9. The van der Waals surface area contributed by atoms with Crippen molar-refractivity contribution < 1.29 is 80.2 Å². The Morgan fingerprint density at radius 3 is 0.711 bits per heavy atom. The molecule has 2 unspecified atom stereocenters. The number of esters is 4. The van der Waals surface area contributed by atoms with Crippen molar-refractivity contribution in [3.63, 3.8) is 0 Å². The van der Waals surface area contributed by atoms with Gasteiger partial charge in [0, 0.05) is 25.7 Å². The maximum absolute atomic E-state index is 13.0. The number of aliphatic hydroxyl groups is 1. The van der Waals surface area contributed by atoms with Gasteiger partial charge in [-0.1, -0.05) is 278 Å². The molecule has 0 saturated heterocycles. The molecule has 0 aliphatic rings. The van der Waals surface area contributed by atoms with E-state index in [0.29, 0.717) is 25.7 Å². The largest absolute Gasteiger partial charge is 0.472 e. The number of carbonyl (C=O) groups excluding carboxylic acids is 4. The Morgan fingerprint density at radius 1 is 0.289 bits per heavy atom. The number of unbranched alkanes of at least 4 members (excludes halogenated alkanes) is 39. The Labute approximate surface area is 505 Å². The first-order chi connectivity index (χ1) is 40.2. The van der Waals surface area contributed by atoms with Crippen LogP contribution in [0.4, 0.5) is 0 Å². The van der Waals surface area contributed by atoms with Crippen molar-refractivity contribution >= 4 is 39.5 Å². The minimum absolute atomic E-state index is 0.104. The molecule has 0 aromatic carbocycles. The van der Waals surface area contributed by atoms with Crippen molar-refractivity contribution in [3.8, 4) is 0 Å². The van der Waals surface area contributed by atoms with Gasteiger partial charge in [0.2, 0.25) is 0 Å². The number of hydrogen-bond donors (Lipinski definition) is 3. The van der Waals surface area contributed by atoms with Crippen molar-refractivity contribution in [2.24, 2.45) is 0 Å². The highest BCUT2D eigenvalue weighted by Gasteiger charge is 2.30. The van der Waals surface area contributed by atoms with Crippen LogP contribution in [0.5, 0.6) is 0 Å². The Morgan fingerprint density at radius 2 is 0.482 bits per heavy atom. The number of phosphoric ester groups is 2. The quantitative estimate of drug-likeness (QED) is 0.0222. The number of carbonyl (C=O) groups is 4. The van der Waals surface area contributed by atoms with E-state index in [4.69, 9.17) is 37.0 Å². The van der Waals surface area contributed by atoms with Crippen molar-refractivity contribution in [2.45, 2.75) is 348 Å². The van der Waals surface area contributed by atoms with Gasteiger partial charge in [-0.3, -0.25) is 37.3 Å². The summed E-state index contributed by atoms with van der Waals surface area (Å²) in [7, 11) is -9.87. The fourth-order valence-electron chi connectivity index (χ4n) is 9.63. The molecule has 0 aromatic heterocycles. The molecule has 19 heteroatoms. The monoisotopic (exact) mass is 1230 g/mol. The van der Waals surface area contributed by atoms with Gasteiger partial charge in [0.1, 0.15) is 19.3 Å². The van der Waals surface area contributed by atoms with Gasteiger partial charge in [0.05, 0.1) is 26.4 Å². The smallest absolute Gasteiger partial charge is 0.462 e. The highest BCUT2D eigenvalue weighted by molar-refractivity contribution is 7.47. The molecule has 0 saturated carbocycles. The second kappa shape index (κ2) is 59.0. The number of phosphoric acid groups is 2. The molecule has 0 radical (unpaired) electrons. The van der Waals surface area contributed by atoms with Gasteiger partial charge < -0.3 is 33.8 Å². The number of hydrogen-bond acceptors (Lipinski definition) is 15. The zero-order valence-electron chi connectivity index (χ0n) is 53.2. The first-order valence-corrected chi connectivity index (χ1v) is 36.8. The Kier molecular flexibility index (Phi) is 57.7. The fraction of sp³-hybridized carbons (Fsp3) is 0.938. The van der Waals surface area contributed by atoms with E-state index in [1.807, 2.05) is 0 Å². The first kappa shape index (κ1) is 81.1. The Bertz CT molecular complexity index is 1600. The summed E-state index contributed by atoms with van der Waals surface area (Å²) >= 11 is 0. The van der Waals surface area contributed by atoms with Crippen molar-refractivity contribution in [1.29, 1.82) is 0 Å². The summed E-state index contributed by atoms with van der Waals surface area (Å²) in [5.41, 5.74) is 0. The molecule has 3 N–H and O–H groups in total. The number of aliphatic hydroxyl groups excluding tert-OH is 1. The van der Waals surface area contributed by atoms with Crippen molar-refractivity contribution in [1.82, 2.24) is 0 Å². The van der Waals surface area contributed by atoms with Gasteiger partial charge in [0.15, 0.2) is 12.2 Å². The zero-order valence-corrected chi connectivity index (χ0v) is 54.9. The van der Waals surface area contributed by atoms with E-state index in [1.165, 1.54) is 148 Å². The summed E-state index contributed by atoms with van der Waals surface area (Å²) in [5.74, 6) is -2.15. The second-order valence-electron chi connectivity index (χ2n) is 23.2. The average Bonchev–Trinajstić information content (AvgIpc) is 3.47. The minimum Gasteiger partial charge on any atom is -0.462 e. The van der Waals surface area contributed by atoms with Gasteiger partial charge in [0.25, 0.3) is 0 Å². The molecular formula is C64H124O17P2. The summed E-state index contributed by atoms with van der Waals surface area (Å²) in [4.78, 5) is 71.8. The molecule has 0 aromatic rings. The lowest BCUT2D eigenvalue weighted by molar-refractivity contribution is -0.161. The molecule has 0 rings (SSSR count). The van der Waals surface area contributed by atoms with Crippen LogP contribution < -0.4 is 0 Å². The summed E-state index contributed by atoms with van der Waals surface area (Å²) < 4.78 is 67.6. The highest BCUT2D eigenvalue weighted by atomic mass is 31.2. The third kappa shape index (κ3) is 58.8. The third-order valence-corrected chi connectivity index (χ3v) is 16.8. The average molecular weight is 1230 g/mol. The van der Waals surface area contributed by atoms with Gasteiger partial charge in [-0.2, -0.15) is 0 Å². The topological polar surface area (TPSA) is 237 Å². The van der Waals surface area contributed by atoms with Crippen LogP contribution in [0.1, 0.15) is 329 Å². The molecule has 0 spiro atoms. The zero-order chi connectivity index (χ0) is 61.2. The van der Waals surface area contributed by atoms with E-state index in [0.717, 1.165) is 103 Å². The van der Waals surface area contributed by atoms with Crippen LogP contribution in [0.25, 0.3) is 0 Å². The second-order valence-corrected chi connectivity index (χ2v) is 26.1. The van der Waals surface area contributed by atoms with Gasteiger partial charge >= 0.3 is 39.5 Å². The number of ether oxygens (including phenoxy) is 4. The molecule has 0 aliphatic carbocycles. The molecule has 0 heterocycles. The van der Waals surface area contributed by atoms with Gasteiger partial charge in [-0.05, 0) is 25.7 Å². The van der Waals surface area contributed by atoms with Crippen LogP contribution >= 0.6 is 15.6 Å². The predicted molar refractivity (Wildman–Crippen MR) is 331 cm³/mol. The van der Waals surface area contributed by atoms with Gasteiger partial charge in [-0.25, -0.2) is 9.13 Å². The van der Waals surface area contributed by atoms with E-state index in [2.05, 4.69) is 27.7 Å². The molecule has 0 bridgehead atoms. The normalized spacial score (nSPS) is 14.2. The van der Waals surface area contributed by atoms with Crippen LogP contribution in [-0.4, -0.2) is 96.7 Å². The lowest BCUT2D eigenvalue weighted by Gasteiger charge is -2.21. The first-order valence-electron chi connectivity index (χ1n) is 33.8. The molecule has 492 valence electrons. The third-order valence-electron chi connectivity index (χ3n) is 14.9. The van der Waals surface area contributed by atoms with E-state index >= 15 is 0 Å². The standard InChI is InChI=1S/C64H124O17P2/c1-5-9-13-17-20-23-24-25-26-27-28-29-30-31-32-33-34-36-39-43-47-51-64(69)81-60(55-75-62(67)49-45-41-38-35-21-18-14-10-6-2)57-79-83(72,73)77-53-58(65)52-76-82(70,71)78-56-59(54-74-61(66)48-44-40-16-12-8-4)80-63(68)50-46-42-37-22-19-15-11-7-3/h58-60,65H,5-57H2,1-4H3,(H,70,71)(H,72,73)/t58-,59+,60+/m0/s1.